The molecule has 1 aromatic heterocycles. The minimum atomic E-state index is -0.123. The number of anilines is 1. The smallest absolute Gasteiger partial charge is 0.227 e. The van der Waals surface area contributed by atoms with Crippen LogP contribution in [0.5, 0.6) is 11.5 Å². The molecule has 0 spiro atoms. The molecule has 3 aromatic rings. The van der Waals surface area contributed by atoms with Gasteiger partial charge in [0, 0.05) is 17.1 Å². The average molecular weight is 476 g/mol. The normalized spacial score (nSPS) is 10.6. The van der Waals surface area contributed by atoms with Crippen LogP contribution < -0.4 is 9.64 Å². The van der Waals surface area contributed by atoms with Crippen LogP contribution in [0.1, 0.15) is 18.5 Å². The lowest BCUT2D eigenvalue weighted by Crippen LogP contribution is -2.31. The van der Waals surface area contributed by atoms with Crippen molar-refractivity contribution in [2.75, 3.05) is 11.5 Å². The number of nitrogens with zero attached hydrogens (tertiary/aromatic N) is 2. The first kappa shape index (κ1) is 21.1. The van der Waals surface area contributed by atoms with E-state index in [0.29, 0.717) is 29.5 Å². The van der Waals surface area contributed by atoms with Gasteiger partial charge in [0.05, 0.1) is 29.6 Å². The van der Waals surface area contributed by atoms with Crippen LogP contribution in [0, 0.1) is 0 Å². The monoisotopic (exact) mass is 474 g/mol. The Morgan fingerprint density at radius 1 is 1.14 bits per heavy atom. The fraction of sp³-hybridized carbons (Fsp3) is 0.182. The van der Waals surface area contributed by atoms with Gasteiger partial charge < -0.3 is 14.7 Å². The van der Waals surface area contributed by atoms with Gasteiger partial charge in [0.15, 0.2) is 0 Å². The summed E-state index contributed by atoms with van der Waals surface area (Å²) in [6.07, 6.45) is 2.45. The van der Waals surface area contributed by atoms with E-state index in [4.69, 9.17) is 16.3 Å². The van der Waals surface area contributed by atoms with Crippen molar-refractivity contribution < 1.29 is 14.6 Å². The molecule has 0 saturated heterocycles. The van der Waals surface area contributed by atoms with Gasteiger partial charge in [-0.05, 0) is 48.9 Å². The Hall–Kier alpha value is -2.57. The van der Waals surface area contributed by atoms with Crippen molar-refractivity contribution in [3.63, 3.8) is 0 Å². The summed E-state index contributed by atoms with van der Waals surface area (Å²) >= 11 is 9.50. The molecule has 0 radical (unpaired) electrons. The summed E-state index contributed by atoms with van der Waals surface area (Å²) in [5, 5.41) is 10.7. The molecule has 150 valence electrons. The molecule has 1 amide bonds. The quantitative estimate of drug-likeness (QED) is 0.431. The number of aromatic hydroxyl groups is 1. The lowest BCUT2D eigenvalue weighted by molar-refractivity contribution is -0.119. The van der Waals surface area contributed by atoms with Crippen molar-refractivity contribution in [2.45, 2.75) is 19.4 Å². The highest BCUT2D eigenvalue weighted by molar-refractivity contribution is 9.10. The molecule has 5 nitrogen and oxygen atoms in total. The summed E-state index contributed by atoms with van der Waals surface area (Å²) in [7, 11) is 0. The van der Waals surface area contributed by atoms with Gasteiger partial charge in [-0.2, -0.15) is 0 Å². The number of hydrogen-bond acceptors (Lipinski definition) is 4. The van der Waals surface area contributed by atoms with Crippen molar-refractivity contribution in [1.29, 1.82) is 0 Å². The molecule has 29 heavy (non-hydrogen) atoms. The van der Waals surface area contributed by atoms with E-state index in [0.717, 1.165) is 10.2 Å². The molecule has 0 unspecified atom stereocenters. The summed E-state index contributed by atoms with van der Waals surface area (Å²) in [5.74, 6) is 0.505. The number of phenols is 1. The maximum Gasteiger partial charge on any atom is 0.227 e. The highest BCUT2D eigenvalue weighted by Crippen LogP contribution is 2.29. The predicted molar refractivity (Wildman–Crippen MR) is 117 cm³/mol. The molecule has 0 aliphatic carbocycles. The van der Waals surface area contributed by atoms with Crippen molar-refractivity contribution in [3.05, 3.63) is 82.0 Å². The number of hydrogen-bond donors (Lipinski definition) is 1. The molecular weight excluding hydrogens is 456 g/mol. The minimum absolute atomic E-state index is 0.0506. The number of pyridine rings is 1. The van der Waals surface area contributed by atoms with E-state index < -0.39 is 0 Å². The van der Waals surface area contributed by atoms with Crippen LogP contribution in [-0.4, -0.2) is 22.6 Å². The van der Waals surface area contributed by atoms with Crippen LogP contribution in [0.25, 0.3) is 0 Å². The second kappa shape index (κ2) is 10.3. The first-order chi connectivity index (χ1) is 14.0. The third kappa shape index (κ3) is 5.95. The largest absolute Gasteiger partial charge is 0.506 e. The Bertz CT molecular complexity index is 969. The van der Waals surface area contributed by atoms with Gasteiger partial charge in [-0.25, -0.2) is 0 Å². The number of carbonyl (C=O) groups excluding carboxylic acids is 1. The zero-order chi connectivity index (χ0) is 20.6. The van der Waals surface area contributed by atoms with Crippen LogP contribution in [-0.2, 0) is 11.3 Å². The van der Waals surface area contributed by atoms with Gasteiger partial charge in [-0.3, -0.25) is 9.78 Å². The van der Waals surface area contributed by atoms with Gasteiger partial charge in [0.2, 0.25) is 5.91 Å². The topological polar surface area (TPSA) is 62.7 Å². The second-order valence-corrected chi connectivity index (χ2v) is 7.64. The van der Waals surface area contributed by atoms with Gasteiger partial charge >= 0.3 is 0 Å². The molecule has 2 aromatic carbocycles. The Morgan fingerprint density at radius 3 is 2.66 bits per heavy atom. The fourth-order valence-corrected chi connectivity index (χ4v) is 3.51. The third-order valence-electron chi connectivity index (χ3n) is 4.21. The summed E-state index contributed by atoms with van der Waals surface area (Å²) in [6, 6.07) is 17.7. The number of halogens is 2. The fourth-order valence-electron chi connectivity index (χ4n) is 2.79. The third-order valence-corrected chi connectivity index (χ3v) is 4.99. The SMILES string of the molecule is O=C(CCCOc1ccc(Br)cc1Cl)N(Cc1ccccn1)c1ccccc1O. The molecule has 3 rings (SSSR count). The van der Waals surface area contributed by atoms with Gasteiger partial charge in [0.1, 0.15) is 11.5 Å². The van der Waals surface area contributed by atoms with Gasteiger partial charge in [-0.1, -0.05) is 45.7 Å². The molecule has 0 saturated carbocycles. The van der Waals surface area contributed by atoms with Gasteiger partial charge in [0.25, 0.3) is 0 Å². The van der Waals surface area contributed by atoms with Crippen molar-refractivity contribution in [2.24, 2.45) is 0 Å². The number of amides is 1. The van der Waals surface area contributed by atoms with E-state index >= 15 is 0 Å². The number of aromatic nitrogens is 1. The Morgan fingerprint density at radius 2 is 1.93 bits per heavy atom. The lowest BCUT2D eigenvalue weighted by atomic mass is 10.2. The van der Waals surface area contributed by atoms with Crippen LogP contribution in [0.2, 0.25) is 5.02 Å². The first-order valence-electron chi connectivity index (χ1n) is 9.10. The number of phenolic OH excluding ortho intramolecular Hbond substituents is 1. The molecule has 1 heterocycles. The number of ether oxygens (including phenoxy) is 1. The second-order valence-electron chi connectivity index (χ2n) is 6.32. The minimum Gasteiger partial charge on any atom is -0.506 e. The Labute approximate surface area is 183 Å². The Balaban J connectivity index is 1.64. The van der Waals surface area contributed by atoms with Crippen molar-refractivity contribution in [1.82, 2.24) is 4.98 Å². The number of para-hydroxylation sites is 2. The molecule has 7 heteroatoms. The van der Waals surface area contributed by atoms with E-state index in [-0.39, 0.29) is 24.6 Å². The van der Waals surface area contributed by atoms with Crippen LogP contribution in [0.15, 0.2) is 71.3 Å². The van der Waals surface area contributed by atoms with Crippen LogP contribution in [0.3, 0.4) is 0 Å². The molecule has 0 bridgehead atoms. The summed E-state index contributed by atoms with van der Waals surface area (Å²) in [5.41, 5.74) is 1.20. The molecule has 0 fully saturated rings. The first-order valence-corrected chi connectivity index (χ1v) is 10.3. The average Bonchev–Trinajstić information content (AvgIpc) is 2.72. The molecular formula is C22H20BrClN2O3. The highest BCUT2D eigenvalue weighted by Gasteiger charge is 2.19. The van der Waals surface area contributed by atoms with E-state index in [1.54, 1.807) is 47.5 Å². The molecule has 0 aliphatic heterocycles. The highest BCUT2D eigenvalue weighted by atomic mass is 79.9. The van der Waals surface area contributed by atoms with Crippen molar-refractivity contribution in [3.8, 4) is 11.5 Å². The summed E-state index contributed by atoms with van der Waals surface area (Å²) in [6.45, 7) is 0.627. The van der Waals surface area contributed by atoms with E-state index in [2.05, 4.69) is 20.9 Å². The maximum absolute atomic E-state index is 12.9. The van der Waals surface area contributed by atoms with Gasteiger partial charge in [-0.15, -0.1) is 0 Å². The van der Waals surface area contributed by atoms with Crippen LogP contribution in [0.4, 0.5) is 5.69 Å². The number of benzene rings is 2. The molecule has 0 atom stereocenters. The lowest BCUT2D eigenvalue weighted by Gasteiger charge is -2.23. The zero-order valence-electron chi connectivity index (χ0n) is 15.6. The number of carbonyl (C=O) groups is 1. The predicted octanol–water partition coefficient (Wildman–Crippen LogP) is 5.60. The van der Waals surface area contributed by atoms with E-state index in [1.807, 2.05) is 24.3 Å². The zero-order valence-corrected chi connectivity index (χ0v) is 17.9. The van der Waals surface area contributed by atoms with Crippen LogP contribution >= 0.6 is 27.5 Å². The Kier molecular flexibility index (Phi) is 7.49. The maximum atomic E-state index is 12.9. The number of rotatable bonds is 8. The molecule has 0 aliphatic rings. The summed E-state index contributed by atoms with van der Waals surface area (Å²) < 4.78 is 6.56. The summed E-state index contributed by atoms with van der Waals surface area (Å²) in [4.78, 5) is 18.8. The standard InChI is InChI=1S/C22H20BrClN2O3/c23-16-10-11-21(18(24)14-16)29-13-5-9-22(28)26(15-17-6-3-4-12-25-17)19-7-1-2-8-20(19)27/h1-4,6-8,10-12,14,27H,5,9,13,15H2. The van der Waals surface area contributed by atoms with E-state index in [9.17, 15) is 9.90 Å². The molecule has 1 N–H and O–H groups in total. The van der Waals surface area contributed by atoms with E-state index in [1.165, 1.54) is 0 Å². The van der Waals surface area contributed by atoms with Crippen molar-refractivity contribution >= 4 is 39.1 Å².